The maximum absolute atomic E-state index is 12.9. The summed E-state index contributed by atoms with van der Waals surface area (Å²) in [6.07, 6.45) is 1.03. The lowest BCUT2D eigenvalue weighted by molar-refractivity contribution is -0.138. The number of carbonyl (C=O) groups excluding carboxylic acids is 3. The first-order chi connectivity index (χ1) is 17.3. The van der Waals surface area contributed by atoms with E-state index in [0.29, 0.717) is 58.7 Å². The fourth-order valence-corrected chi connectivity index (χ4v) is 4.75. The molecule has 3 N–H and O–H groups in total. The van der Waals surface area contributed by atoms with Crippen LogP contribution in [-0.2, 0) is 14.3 Å². The predicted octanol–water partition coefficient (Wildman–Crippen LogP) is 1.69. The summed E-state index contributed by atoms with van der Waals surface area (Å²) in [5.41, 5.74) is 0.736. The van der Waals surface area contributed by atoms with Gasteiger partial charge in [0.15, 0.2) is 11.5 Å². The van der Waals surface area contributed by atoms with E-state index in [9.17, 15) is 19.5 Å². The highest BCUT2D eigenvalue weighted by Gasteiger charge is 2.40. The van der Waals surface area contributed by atoms with Gasteiger partial charge in [-0.1, -0.05) is 6.92 Å². The zero-order chi connectivity index (χ0) is 26.7. The summed E-state index contributed by atoms with van der Waals surface area (Å²) in [5.74, 6) is 0.0419. The molecule has 200 valence electrons. The van der Waals surface area contributed by atoms with Gasteiger partial charge in [0, 0.05) is 50.3 Å². The molecule has 0 saturated heterocycles. The largest absolute Gasteiger partial charge is 0.493 e. The molecule has 3 unspecified atom stereocenters. The molecule has 0 saturated carbocycles. The summed E-state index contributed by atoms with van der Waals surface area (Å²) < 4.78 is 17.6. The van der Waals surface area contributed by atoms with Crippen LogP contribution in [-0.4, -0.2) is 91.5 Å². The summed E-state index contributed by atoms with van der Waals surface area (Å²) in [7, 11) is 1.44. The van der Waals surface area contributed by atoms with Gasteiger partial charge < -0.3 is 34.6 Å². The topological polar surface area (TPSA) is 135 Å². The molecule has 2 rings (SSSR count). The molecular formula is C25H35IN2O8. The first-order valence-electron chi connectivity index (χ1n) is 12.0. The minimum Gasteiger partial charge on any atom is -0.493 e. The van der Waals surface area contributed by atoms with Gasteiger partial charge in [0.1, 0.15) is 18.5 Å². The van der Waals surface area contributed by atoms with Crippen molar-refractivity contribution in [1.82, 2.24) is 10.2 Å². The van der Waals surface area contributed by atoms with Gasteiger partial charge in [0.2, 0.25) is 11.8 Å². The second-order valence-corrected chi connectivity index (χ2v) is 9.32. The summed E-state index contributed by atoms with van der Waals surface area (Å²) >= 11 is 2.01. The van der Waals surface area contributed by atoms with E-state index in [-0.39, 0.29) is 31.9 Å². The molecule has 0 fully saturated rings. The second-order valence-electron chi connectivity index (χ2n) is 8.16. The van der Waals surface area contributed by atoms with E-state index in [1.54, 1.807) is 17.9 Å². The van der Waals surface area contributed by atoms with Crippen LogP contribution in [0, 0.1) is 3.57 Å². The number of nitrogens with zero attached hydrogens (tertiary/aromatic N) is 1. The van der Waals surface area contributed by atoms with Crippen LogP contribution in [0.3, 0.4) is 0 Å². The average molecular weight is 618 g/mol. The molecule has 2 amide bonds. The van der Waals surface area contributed by atoms with Crippen LogP contribution in [0.5, 0.6) is 11.5 Å². The normalized spacial score (nSPS) is 19.3. The van der Waals surface area contributed by atoms with Gasteiger partial charge in [0.25, 0.3) is 0 Å². The minimum absolute atomic E-state index is 0.0692. The number of nitrogens with one attached hydrogen (secondary N) is 1. The molecule has 0 heterocycles. The Morgan fingerprint density at radius 2 is 2.06 bits per heavy atom. The number of aldehydes is 1. The van der Waals surface area contributed by atoms with Crippen LogP contribution < -0.4 is 14.8 Å². The quantitative estimate of drug-likeness (QED) is 0.163. The molecule has 3 atom stereocenters. The summed E-state index contributed by atoms with van der Waals surface area (Å²) in [6, 6.07) is 2.43. The Kier molecular flexibility index (Phi) is 12.6. The van der Waals surface area contributed by atoms with Crippen LogP contribution in [0.15, 0.2) is 23.8 Å². The van der Waals surface area contributed by atoms with E-state index < -0.39 is 24.2 Å². The van der Waals surface area contributed by atoms with Crippen molar-refractivity contribution in [1.29, 1.82) is 0 Å². The Morgan fingerprint density at radius 3 is 2.67 bits per heavy atom. The Morgan fingerprint density at radius 1 is 1.31 bits per heavy atom. The summed E-state index contributed by atoms with van der Waals surface area (Å²) in [6.45, 7) is 4.85. The maximum Gasteiger partial charge on any atom is 0.247 e. The minimum atomic E-state index is -1.15. The monoisotopic (exact) mass is 618 g/mol. The van der Waals surface area contributed by atoms with E-state index in [0.717, 1.165) is 0 Å². The maximum atomic E-state index is 12.9. The van der Waals surface area contributed by atoms with Crippen molar-refractivity contribution in [2.45, 2.75) is 51.4 Å². The summed E-state index contributed by atoms with van der Waals surface area (Å²) in [4.78, 5) is 38.6. The average Bonchev–Trinajstić information content (AvgIpc) is 2.89. The van der Waals surface area contributed by atoms with Crippen LogP contribution in [0.4, 0.5) is 0 Å². The molecule has 0 spiro atoms. The Balaban J connectivity index is 2.44. The molecule has 1 aliphatic carbocycles. The number of aliphatic hydroxyl groups excluding tert-OH is 2. The molecule has 1 aromatic carbocycles. The number of aliphatic hydroxyl groups is 2. The van der Waals surface area contributed by atoms with Gasteiger partial charge >= 0.3 is 0 Å². The van der Waals surface area contributed by atoms with E-state index in [1.807, 2.05) is 29.5 Å². The zero-order valence-electron chi connectivity index (χ0n) is 20.9. The number of hydrogen-bond donors (Lipinski definition) is 3. The van der Waals surface area contributed by atoms with Crippen molar-refractivity contribution in [2.24, 2.45) is 0 Å². The molecule has 10 nitrogen and oxygen atoms in total. The van der Waals surface area contributed by atoms with Crippen molar-refractivity contribution in [3.8, 4) is 11.5 Å². The second kappa shape index (κ2) is 15.1. The summed E-state index contributed by atoms with van der Waals surface area (Å²) in [5, 5.41) is 23.1. The van der Waals surface area contributed by atoms with Gasteiger partial charge in [0.05, 0.1) is 23.3 Å². The van der Waals surface area contributed by atoms with E-state index in [2.05, 4.69) is 5.32 Å². The van der Waals surface area contributed by atoms with Crippen molar-refractivity contribution in [2.75, 3.05) is 40.0 Å². The third-order valence-electron chi connectivity index (χ3n) is 5.77. The Labute approximate surface area is 225 Å². The number of amides is 2. The molecular weight excluding hydrogens is 583 g/mol. The lowest BCUT2D eigenvalue weighted by atomic mass is 9.88. The SMILES string of the molecule is CCOCCCN(C(=O)CC)C1CC(C(=O)NCCO)=CC(Oc2c(I)cc(C=O)cc2OC)C1O. The lowest BCUT2D eigenvalue weighted by Gasteiger charge is -2.40. The van der Waals surface area contributed by atoms with Crippen LogP contribution >= 0.6 is 22.6 Å². The number of carbonyl (C=O) groups is 3. The van der Waals surface area contributed by atoms with Crippen LogP contribution in [0.25, 0.3) is 0 Å². The number of methoxy groups -OCH3 is 1. The van der Waals surface area contributed by atoms with Crippen molar-refractivity contribution < 1.29 is 38.8 Å². The van der Waals surface area contributed by atoms with Gasteiger partial charge in [-0.3, -0.25) is 14.4 Å². The first-order valence-corrected chi connectivity index (χ1v) is 13.0. The molecule has 0 aliphatic heterocycles. The van der Waals surface area contributed by atoms with E-state index >= 15 is 0 Å². The van der Waals surface area contributed by atoms with E-state index in [1.165, 1.54) is 19.3 Å². The number of ether oxygens (including phenoxy) is 3. The Bertz CT molecular complexity index is 939. The third kappa shape index (κ3) is 7.89. The van der Waals surface area contributed by atoms with E-state index in [4.69, 9.17) is 19.3 Å². The molecule has 0 radical (unpaired) electrons. The molecule has 11 heteroatoms. The number of benzene rings is 1. The predicted molar refractivity (Wildman–Crippen MR) is 141 cm³/mol. The van der Waals surface area contributed by atoms with Crippen molar-refractivity contribution in [3.63, 3.8) is 0 Å². The van der Waals surface area contributed by atoms with Crippen LogP contribution in [0.1, 0.15) is 43.5 Å². The zero-order valence-corrected chi connectivity index (χ0v) is 23.0. The molecule has 0 aromatic heterocycles. The first kappa shape index (κ1) is 30.0. The number of rotatable bonds is 14. The fraction of sp³-hybridized carbons (Fsp3) is 0.560. The van der Waals surface area contributed by atoms with Crippen LogP contribution in [0.2, 0.25) is 0 Å². The number of halogens is 1. The fourth-order valence-electron chi connectivity index (χ4n) is 4.00. The van der Waals surface area contributed by atoms with Gasteiger partial charge in [-0.2, -0.15) is 0 Å². The third-order valence-corrected chi connectivity index (χ3v) is 6.57. The van der Waals surface area contributed by atoms with Crippen molar-refractivity contribution >= 4 is 40.7 Å². The highest BCUT2D eigenvalue weighted by atomic mass is 127. The van der Waals surface area contributed by atoms with Gasteiger partial charge in [-0.25, -0.2) is 0 Å². The smallest absolute Gasteiger partial charge is 0.247 e. The highest BCUT2D eigenvalue weighted by Crippen LogP contribution is 2.37. The molecule has 1 aliphatic rings. The molecule has 36 heavy (non-hydrogen) atoms. The Hall–Kier alpha value is -2.22. The van der Waals surface area contributed by atoms with Crippen molar-refractivity contribution in [3.05, 3.63) is 32.9 Å². The highest BCUT2D eigenvalue weighted by molar-refractivity contribution is 14.1. The van der Waals surface area contributed by atoms with Gasteiger partial charge in [-0.15, -0.1) is 0 Å². The molecule has 1 aromatic rings. The standard InChI is InChI=1S/C25H35IN2O8/c1-4-22(31)28(8-6-10-35-5-2)19-13-17(25(33)27-7-9-29)14-20(23(19)32)36-24-18(26)11-16(15-30)12-21(24)34-3/h11-12,14-15,19-20,23,29,32H,4-10,13H2,1-3H3,(H,27,33). The van der Waals surface area contributed by atoms with Gasteiger partial charge in [-0.05, 0) is 54.1 Å². The lowest BCUT2D eigenvalue weighted by Crippen LogP contribution is -2.55. The molecule has 0 bridgehead atoms. The number of hydrogen-bond acceptors (Lipinski definition) is 8.